The zero-order valence-electron chi connectivity index (χ0n) is 15.2. The number of rotatable bonds is 8. The lowest BCUT2D eigenvalue weighted by Gasteiger charge is -2.22. The molecule has 0 aliphatic heterocycles. The van der Waals surface area contributed by atoms with E-state index in [-0.39, 0.29) is 0 Å². The Labute approximate surface area is 150 Å². The molecule has 3 aromatic rings. The van der Waals surface area contributed by atoms with Gasteiger partial charge in [-0.2, -0.15) is 0 Å². The van der Waals surface area contributed by atoms with Crippen LogP contribution in [0, 0.1) is 0 Å². The molecule has 3 rings (SSSR count). The minimum atomic E-state index is 0.453. The first-order chi connectivity index (χ1) is 12.2. The number of fused-ring (bicyclic) bond motifs is 1. The fraction of sp³-hybridized carbons (Fsp3) is 0.318. The SMILES string of the molecule is C[C@H](CN(C)CCc1ccccc1)NCc1ccc2cnccc2c1. The summed E-state index contributed by atoms with van der Waals surface area (Å²) in [5.41, 5.74) is 2.72. The number of hydrogen-bond donors (Lipinski definition) is 1. The normalized spacial score (nSPS) is 12.6. The van der Waals surface area contributed by atoms with Crippen LogP contribution in [0.5, 0.6) is 0 Å². The highest BCUT2D eigenvalue weighted by Crippen LogP contribution is 2.14. The molecule has 25 heavy (non-hydrogen) atoms. The van der Waals surface area contributed by atoms with Gasteiger partial charge in [0.2, 0.25) is 0 Å². The summed E-state index contributed by atoms with van der Waals surface area (Å²) in [7, 11) is 2.20. The highest BCUT2D eigenvalue weighted by Gasteiger charge is 2.06. The number of nitrogens with zero attached hydrogens (tertiary/aromatic N) is 2. The Kier molecular flexibility index (Phi) is 6.15. The van der Waals surface area contributed by atoms with Gasteiger partial charge in [0, 0.05) is 43.5 Å². The van der Waals surface area contributed by atoms with Crippen LogP contribution in [0.25, 0.3) is 10.8 Å². The Morgan fingerprint density at radius 3 is 2.68 bits per heavy atom. The average molecular weight is 333 g/mol. The second-order valence-electron chi connectivity index (χ2n) is 6.84. The van der Waals surface area contributed by atoms with Crippen LogP contribution in [-0.4, -0.2) is 36.1 Å². The van der Waals surface area contributed by atoms with Crippen LogP contribution in [0.2, 0.25) is 0 Å². The van der Waals surface area contributed by atoms with Gasteiger partial charge in [0.1, 0.15) is 0 Å². The molecule has 0 aliphatic carbocycles. The van der Waals surface area contributed by atoms with Gasteiger partial charge >= 0.3 is 0 Å². The third kappa shape index (κ3) is 5.38. The van der Waals surface area contributed by atoms with E-state index in [0.717, 1.165) is 26.1 Å². The summed E-state index contributed by atoms with van der Waals surface area (Å²) in [5, 5.41) is 6.08. The summed E-state index contributed by atoms with van der Waals surface area (Å²) in [6, 6.07) is 19.8. The van der Waals surface area contributed by atoms with Crippen molar-refractivity contribution in [2.24, 2.45) is 0 Å². The van der Waals surface area contributed by atoms with Crippen molar-refractivity contribution in [3.8, 4) is 0 Å². The van der Waals surface area contributed by atoms with E-state index in [1.807, 2.05) is 12.4 Å². The summed E-state index contributed by atoms with van der Waals surface area (Å²) >= 11 is 0. The number of hydrogen-bond acceptors (Lipinski definition) is 3. The molecule has 2 aromatic carbocycles. The van der Waals surface area contributed by atoms with E-state index < -0.39 is 0 Å². The Bertz CT molecular complexity index is 785. The Morgan fingerprint density at radius 2 is 1.84 bits per heavy atom. The number of likely N-dealkylation sites (N-methyl/N-ethyl adjacent to an activating group) is 1. The van der Waals surface area contributed by atoms with Gasteiger partial charge in [0.15, 0.2) is 0 Å². The number of aromatic nitrogens is 1. The first kappa shape index (κ1) is 17.6. The smallest absolute Gasteiger partial charge is 0.0346 e. The molecule has 0 bridgehead atoms. The molecule has 0 saturated carbocycles. The van der Waals surface area contributed by atoms with E-state index in [0.29, 0.717) is 6.04 Å². The monoisotopic (exact) mass is 333 g/mol. The molecule has 1 N–H and O–H groups in total. The molecule has 0 unspecified atom stereocenters. The maximum Gasteiger partial charge on any atom is 0.0346 e. The molecule has 0 aliphatic rings. The zero-order chi connectivity index (χ0) is 17.5. The minimum Gasteiger partial charge on any atom is -0.309 e. The number of pyridine rings is 1. The summed E-state index contributed by atoms with van der Waals surface area (Å²) in [5.74, 6) is 0. The van der Waals surface area contributed by atoms with Gasteiger partial charge in [-0.25, -0.2) is 0 Å². The zero-order valence-corrected chi connectivity index (χ0v) is 15.2. The average Bonchev–Trinajstić information content (AvgIpc) is 2.65. The van der Waals surface area contributed by atoms with Crippen molar-refractivity contribution in [3.63, 3.8) is 0 Å². The van der Waals surface area contributed by atoms with Crippen LogP contribution in [0.3, 0.4) is 0 Å². The lowest BCUT2D eigenvalue weighted by Crippen LogP contribution is -2.37. The van der Waals surface area contributed by atoms with Crippen LogP contribution >= 0.6 is 0 Å². The molecule has 3 heteroatoms. The Hall–Kier alpha value is -2.23. The predicted molar refractivity (Wildman–Crippen MR) is 106 cm³/mol. The second kappa shape index (κ2) is 8.75. The van der Waals surface area contributed by atoms with E-state index >= 15 is 0 Å². The van der Waals surface area contributed by atoms with Crippen LogP contribution in [0.15, 0.2) is 67.0 Å². The molecule has 1 aromatic heterocycles. The predicted octanol–water partition coefficient (Wildman–Crippen LogP) is 3.89. The molecule has 0 spiro atoms. The highest BCUT2D eigenvalue weighted by atomic mass is 15.1. The van der Waals surface area contributed by atoms with Gasteiger partial charge in [0.25, 0.3) is 0 Å². The van der Waals surface area contributed by atoms with Crippen molar-refractivity contribution < 1.29 is 0 Å². The molecule has 1 heterocycles. The second-order valence-corrected chi connectivity index (χ2v) is 6.84. The molecule has 0 fully saturated rings. The molecular weight excluding hydrogens is 306 g/mol. The van der Waals surface area contributed by atoms with Crippen LogP contribution in [-0.2, 0) is 13.0 Å². The third-order valence-corrected chi connectivity index (χ3v) is 4.57. The molecule has 130 valence electrons. The number of benzene rings is 2. The maximum absolute atomic E-state index is 4.17. The van der Waals surface area contributed by atoms with Gasteiger partial charge in [-0.3, -0.25) is 4.98 Å². The third-order valence-electron chi connectivity index (χ3n) is 4.57. The van der Waals surface area contributed by atoms with E-state index in [4.69, 9.17) is 0 Å². The molecule has 0 amide bonds. The minimum absolute atomic E-state index is 0.453. The lowest BCUT2D eigenvalue weighted by molar-refractivity contribution is 0.299. The van der Waals surface area contributed by atoms with Crippen molar-refractivity contribution in [3.05, 3.63) is 78.1 Å². The van der Waals surface area contributed by atoms with E-state index in [2.05, 4.69) is 83.8 Å². The van der Waals surface area contributed by atoms with Gasteiger partial charge in [-0.05, 0) is 49.0 Å². The van der Waals surface area contributed by atoms with Gasteiger partial charge in [-0.15, -0.1) is 0 Å². The maximum atomic E-state index is 4.17. The molecule has 3 nitrogen and oxygen atoms in total. The summed E-state index contributed by atoms with van der Waals surface area (Å²) in [6.45, 7) is 5.28. The van der Waals surface area contributed by atoms with Crippen molar-refractivity contribution in [1.29, 1.82) is 0 Å². The largest absolute Gasteiger partial charge is 0.309 e. The summed E-state index contributed by atoms with van der Waals surface area (Å²) in [6.07, 6.45) is 4.86. The fourth-order valence-corrected chi connectivity index (χ4v) is 3.12. The van der Waals surface area contributed by atoms with Crippen LogP contribution in [0.4, 0.5) is 0 Å². The molecule has 1 atom stereocenters. The first-order valence-corrected chi connectivity index (χ1v) is 8.99. The van der Waals surface area contributed by atoms with E-state index in [9.17, 15) is 0 Å². The molecule has 0 saturated heterocycles. The first-order valence-electron chi connectivity index (χ1n) is 8.99. The quantitative estimate of drug-likeness (QED) is 0.678. The van der Waals surface area contributed by atoms with E-state index in [1.54, 1.807) is 0 Å². The topological polar surface area (TPSA) is 28.2 Å². The fourth-order valence-electron chi connectivity index (χ4n) is 3.12. The van der Waals surface area contributed by atoms with Gasteiger partial charge in [0.05, 0.1) is 0 Å². The Balaban J connectivity index is 1.44. The van der Waals surface area contributed by atoms with E-state index in [1.165, 1.54) is 21.9 Å². The highest BCUT2D eigenvalue weighted by molar-refractivity contribution is 5.81. The standard InChI is InChI=1S/C22H27N3/c1-18(17-25(2)13-11-19-6-4-3-5-7-19)24-15-20-8-9-22-16-23-12-10-21(22)14-20/h3-10,12,14,16,18,24H,11,13,15,17H2,1-2H3/t18-/m1/s1. The van der Waals surface area contributed by atoms with Gasteiger partial charge < -0.3 is 10.2 Å². The van der Waals surface area contributed by atoms with Crippen molar-refractivity contribution in [1.82, 2.24) is 15.2 Å². The molecule has 0 radical (unpaired) electrons. The lowest BCUT2D eigenvalue weighted by atomic mass is 10.1. The van der Waals surface area contributed by atoms with Crippen molar-refractivity contribution in [2.75, 3.05) is 20.1 Å². The Morgan fingerprint density at radius 1 is 1.00 bits per heavy atom. The van der Waals surface area contributed by atoms with Gasteiger partial charge in [-0.1, -0.05) is 42.5 Å². The van der Waals surface area contributed by atoms with Crippen molar-refractivity contribution in [2.45, 2.75) is 25.9 Å². The number of nitrogens with one attached hydrogen (secondary N) is 1. The van der Waals surface area contributed by atoms with Crippen molar-refractivity contribution >= 4 is 10.8 Å². The molecular formula is C22H27N3. The summed E-state index contributed by atoms with van der Waals surface area (Å²) < 4.78 is 0. The van der Waals surface area contributed by atoms with Crippen LogP contribution < -0.4 is 5.32 Å². The van der Waals surface area contributed by atoms with Crippen LogP contribution in [0.1, 0.15) is 18.1 Å². The summed E-state index contributed by atoms with van der Waals surface area (Å²) in [4.78, 5) is 6.57.